The van der Waals surface area contributed by atoms with Crippen LogP contribution in [0.25, 0.3) is 6.08 Å². The number of thioether (sulfide) groups is 1. The molecule has 1 amide bonds. The van der Waals surface area contributed by atoms with Crippen LogP contribution in [0.5, 0.6) is 0 Å². The molecule has 1 heterocycles. The number of para-hydroxylation sites is 1. The SMILES string of the molecule is O=C1/C(=C/c2ccc(CO)cc2)SC(=NCCc2ccccc2)N1c1ccccc1. The van der Waals surface area contributed by atoms with E-state index >= 15 is 0 Å². The van der Waals surface area contributed by atoms with Crippen molar-refractivity contribution in [3.8, 4) is 0 Å². The Morgan fingerprint density at radius 2 is 1.53 bits per heavy atom. The second-order valence-electron chi connectivity index (χ2n) is 6.89. The first kappa shape index (κ1) is 20.1. The third-order valence-corrected chi connectivity index (χ3v) is 5.78. The standard InChI is InChI=1S/C25H22N2O2S/c28-18-21-13-11-20(12-14-21)17-23-24(29)27(22-9-5-2-6-10-22)25(30-23)26-16-15-19-7-3-1-4-8-19/h1-14,17,28H,15-16,18H2/b23-17-,26-25?. The van der Waals surface area contributed by atoms with Crippen molar-refractivity contribution in [2.75, 3.05) is 11.4 Å². The van der Waals surface area contributed by atoms with Gasteiger partial charge in [0.05, 0.1) is 17.2 Å². The Morgan fingerprint density at radius 3 is 2.20 bits per heavy atom. The summed E-state index contributed by atoms with van der Waals surface area (Å²) in [5.41, 5.74) is 3.80. The van der Waals surface area contributed by atoms with Gasteiger partial charge < -0.3 is 5.11 Å². The van der Waals surface area contributed by atoms with Crippen LogP contribution in [0, 0.1) is 0 Å². The van der Waals surface area contributed by atoms with Gasteiger partial charge in [-0.25, -0.2) is 0 Å². The number of amides is 1. The molecule has 4 nitrogen and oxygen atoms in total. The van der Waals surface area contributed by atoms with Gasteiger partial charge in [0.2, 0.25) is 0 Å². The van der Waals surface area contributed by atoms with Crippen LogP contribution in [0.4, 0.5) is 5.69 Å². The molecule has 1 fully saturated rings. The summed E-state index contributed by atoms with van der Waals surface area (Å²) in [5.74, 6) is -0.0732. The van der Waals surface area contributed by atoms with Crippen LogP contribution in [-0.2, 0) is 17.8 Å². The lowest BCUT2D eigenvalue weighted by Crippen LogP contribution is -2.29. The quantitative estimate of drug-likeness (QED) is 0.584. The number of anilines is 1. The molecule has 0 unspecified atom stereocenters. The first-order chi connectivity index (χ1) is 14.7. The number of rotatable bonds is 6. The molecule has 4 rings (SSSR count). The fourth-order valence-electron chi connectivity index (χ4n) is 3.18. The highest BCUT2D eigenvalue weighted by Gasteiger charge is 2.34. The van der Waals surface area contributed by atoms with E-state index in [-0.39, 0.29) is 12.5 Å². The molecule has 0 aliphatic carbocycles. The zero-order valence-corrected chi connectivity index (χ0v) is 17.3. The Bertz CT molecular complexity index is 1060. The highest BCUT2D eigenvalue weighted by molar-refractivity contribution is 8.19. The Balaban J connectivity index is 1.60. The molecule has 1 saturated heterocycles. The molecule has 0 spiro atoms. The van der Waals surface area contributed by atoms with Gasteiger partial charge in [0, 0.05) is 6.54 Å². The van der Waals surface area contributed by atoms with Crippen molar-refractivity contribution >= 4 is 34.6 Å². The van der Waals surface area contributed by atoms with Gasteiger partial charge in [0.25, 0.3) is 5.91 Å². The van der Waals surface area contributed by atoms with Crippen LogP contribution in [0.2, 0.25) is 0 Å². The highest BCUT2D eigenvalue weighted by atomic mass is 32.2. The van der Waals surface area contributed by atoms with E-state index in [2.05, 4.69) is 12.1 Å². The summed E-state index contributed by atoms with van der Waals surface area (Å²) in [6, 6.07) is 27.4. The monoisotopic (exact) mass is 414 g/mol. The van der Waals surface area contributed by atoms with E-state index < -0.39 is 0 Å². The van der Waals surface area contributed by atoms with Crippen molar-refractivity contribution in [3.05, 3.63) is 107 Å². The number of nitrogens with zero attached hydrogens (tertiary/aromatic N) is 2. The van der Waals surface area contributed by atoms with Crippen LogP contribution < -0.4 is 4.90 Å². The van der Waals surface area contributed by atoms with E-state index in [9.17, 15) is 9.90 Å². The maximum Gasteiger partial charge on any atom is 0.271 e. The fourth-order valence-corrected chi connectivity index (χ4v) is 4.19. The summed E-state index contributed by atoms with van der Waals surface area (Å²) in [5, 5.41) is 9.91. The van der Waals surface area contributed by atoms with Gasteiger partial charge in [-0.2, -0.15) is 0 Å². The van der Waals surface area contributed by atoms with E-state index in [1.165, 1.54) is 17.3 Å². The summed E-state index contributed by atoms with van der Waals surface area (Å²) in [4.78, 5) is 20.3. The van der Waals surface area contributed by atoms with Gasteiger partial charge in [0.1, 0.15) is 0 Å². The molecule has 3 aromatic rings. The molecule has 5 heteroatoms. The third kappa shape index (κ3) is 4.70. The number of hydrogen-bond acceptors (Lipinski definition) is 4. The van der Waals surface area contributed by atoms with Crippen molar-refractivity contribution in [1.82, 2.24) is 0 Å². The number of carbonyl (C=O) groups excluding carboxylic acids is 1. The van der Waals surface area contributed by atoms with Crippen LogP contribution in [0.1, 0.15) is 16.7 Å². The molecule has 0 bridgehead atoms. The molecule has 0 radical (unpaired) electrons. The van der Waals surface area contributed by atoms with Crippen molar-refractivity contribution < 1.29 is 9.90 Å². The minimum absolute atomic E-state index is 0.00450. The minimum atomic E-state index is -0.0732. The lowest BCUT2D eigenvalue weighted by Gasteiger charge is -2.15. The topological polar surface area (TPSA) is 52.9 Å². The summed E-state index contributed by atoms with van der Waals surface area (Å²) >= 11 is 1.40. The Morgan fingerprint density at radius 1 is 0.867 bits per heavy atom. The van der Waals surface area contributed by atoms with Crippen LogP contribution in [0.3, 0.4) is 0 Å². The van der Waals surface area contributed by atoms with Gasteiger partial charge in [-0.3, -0.25) is 14.7 Å². The van der Waals surface area contributed by atoms with Gasteiger partial charge in [0.15, 0.2) is 5.17 Å². The summed E-state index contributed by atoms with van der Waals surface area (Å²) < 4.78 is 0. The molecular weight excluding hydrogens is 392 g/mol. The number of aliphatic hydroxyl groups excluding tert-OH is 1. The molecule has 1 aliphatic rings. The van der Waals surface area contributed by atoms with Crippen LogP contribution in [0.15, 0.2) is 94.8 Å². The number of aliphatic hydroxyl groups is 1. The number of benzene rings is 3. The number of aliphatic imine (C=N–C) groups is 1. The van der Waals surface area contributed by atoms with E-state index in [0.717, 1.165) is 23.2 Å². The minimum Gasteiger partial charge on any atom is -0.392 e. The second kappa shape index (κ2) is 9.57. The van der Waals surface area contributed by atoms with Gasteiger partial charge in [-0.15, -0.1) is 0 Å². The van der Waals surface area contributed by atoms with E-state index in [1.54, 1.807) is 4.90 Å². The van der Waals surface area contributed by atoms with Crippen molar-refractivity contribution in [3.63, 3.8) is 0 Å². The summed E-state index contributed by atoms with van der Waals surface area (Å²) in [7, 11) is 0. The van der Waals surface area contributed by atoms with Crippen LogP contribution >= 0.6 is 11.8 Å². The van der Waals surface area contributed by atoms with E-state index in [1.807, 2.05) is 78.9 Å². The molecular formula is C25H22N2O2S. The number of carbonyl (C=O) groups is 1. The predicted molar refractivity (Wildman–Crippen MR) is 124 cm³/mol. The average molecular weight is 415 g/mol. The Kier molecular flexibility index (Phi) is 6.42. The van der Waals surface area contributed by atoms with Crippen molar-refractivity contribution in [2.45, 2.75) is 13.0 Å². The summed E-state index contributed by atoms with van der Waals surface area (Å²) in [6.07, 6.45) is 2.70. The lowest BCUT2D eigenvalue weighted by molar-refractivity contribution is -0.113. The van der Waals surface area contributed by atoms with Crippen LogP contribution in [-0.4, -0.2) is 22.7 Å². The fraction of sp³-hybridized carbons (Fsp3) is 0.120. The second-order valence-corrected chi connectivity index (χ2v) is 7.90. The molecule has 3 aromatic carbocycles. The smallest absolute Gasteiger partial charge is 0.271 e. The van der Waals surface area contributed by atoms with E-state index in [4.69, 9.17) is 4.99 Å². The first-order valence-corrected chi connectivity index (χ1v) is 10.6. The molecule has 0 atom stereocenters. The number of amidine groups is 1. The predicted octanol–water partition coefficient (Wildman–Crippen LogP) is 4.90. The van der Waals surface area contributed by atoms with Gasteiger partial charge in [-0.05, 0) is 53.1 Å². The first-order valence-electron chi connectivity index (χ1n) is 9.82. The van der Waals surface area contributed by atoms with E-state index in [0.29, 0.717) is 16.6 Å². The Labute approximate surface area is 180 Å². The highest BCUT2D eigenvalue weighted by Crippen LogP contribution is 2.36. The Hall–Kier alpha value is -3.15. The zero-order chi connectivity index (χ0) is 20.8. The molecule has 1 aliphatic heterocycles. The maximum atomic E-state index is 13.2. The normalized spacial score (nSPS) is 16.6. The molecule has 1 N–H and O–H groups in total. The maximum absolute atomic E-state index is 13.2. The third-order valence-electron chi connectivity index (χ3n) is 4.77. The number of hydrogen-bond donors (Lipinski definition) is 1. The summed E-state index contributed by atoms with van der Waals surface area (Å²) in [6.45, 7) is 0.617. The molecule has 0 saturated carbocycles. The zero-order valence-electron chi connectivity index (χ0n) is 16.4. The molecule has 150 valence electrons. The largest absolute Gasteiger partial charge is 0.392 e. The average Bonchev–Trinajstić information content (AvgIpc) is 3.10. The molecule has 0 aromatic heterocycles. The molecule has 30 heavy (non-hydrogen) atoms. The van der Waals surface area contributed by atoms with Gasteiger partial charge in [-0.1, -0.05) is 72.8 Å². The van der Waals surface area contributed by atoms with Gasteiger partial charge >= 0.3 is 0 Å². The van der Waals surface area contributed by atoms with Crippen molar-refractivity contribution in [2.24, 2.45) is 4.99 Å². The lowest BCUT2D eigenvalue weighted by atomic mass is 10.1. The van der Waals surface area contributed by atoms with Crippen molar-refractivity contribution in [1.29, 1.82) is 0 Å².